The van der Waals surface area contributed by atoms with Crippen LogP contribution in [0.4, 0.5) is 0 Å². The van der Waals surface area contributed by atoms with Crippen LogP contribution >= 0.6 is 0 Å². The molecule has 0 saturated heterocycles. The molecule has 2 aromatic heterocycles. The third kappa shape index (κ3) is 2.14. The van der Waals surface area contributed by atoms with E-state index in [0.717, 1.165) is 11.1 Å². The molecule has 0 aliphatic rings. The van der Waals surface area contributed by atoms with Crippen molar-refractivity contribution < 1.29 is 0 Å². The summed E-state index contributed by atoms with van der Waals surface area (Å²) in [6.07, 6.45) is 1.71. The third-order valence-corrected chi connectivity index (χ3v) is 3.27. The smallest absolute Gasteiger partial charge is 0.223 e. The summed E-state index contributed by atoms with van der Waals surface area (Å²) in [4.78, 5) is 5.75. The van der Waals surface area contributed by atoms with Crippen LogP contribution in [-0.2, 0) is 0 Å². The SMILES string of the molecule is c1ccc(-c2nnn(-c3ccc4ccccc4c3)n2)nc1. The molecule has 0 N–H and O–H groups in total. The van der Waals surface area contributed by atoms with Crippen molar-refractivity contribution >= 4 is 10.8 Å². The molecule has 5 nitrogen and oxygen atoms in total. The number of benzene rings is 2. The van der Waals surface area contributed by atoms with Crippen molar-refractivity contribution in [2.45, 2.75) is 0 Å². The van der Waals surface area contributed by atoms with E-state index in [1.54, 1.807) is 6.20 Å². The van der Waals surface area contributed by atoms with E-state index in [-0.39, 0.29) is 0 Å². The molecule has 2 heterocycles. The van der Waals surface area contributed by atoms with Crippen molar-refractivity contribution in [2.75, 3.05) is 0 Å². The quantitative estimate of drug-likeness (QED) is 0.563. The van der Waals surface area contributed by atoms with Gasteiger partial charge in [-0.15, -0.1) is 15.0 Å². The Morgan fingerprint density at radius 1 is 0.810 bits per heavy atom. The van der Waals surface area contributed by atoms with Crippen LogP contribution in [0.25, 0.3) is 28.0 Å². The highest BCUT2D eigenvalue weighted by Gasteiger charge is 2.08. The Morgan fingerprint density at radius 3 is 2.52 bits per heavy atom. The average Bonchev–Trinajstić information content (AvgIpc) is 3.05. The molecule has 0 amide bonds. The van der Waals surface area contributed by atoms with Crippen LogP contribution in [0.3, 0.4) is 0 Å². The largest absolute Gasteiger partial charge is 0.253 e. The zero-order valence-corrected chi connectivity index (χ0v) is 11.1. The van der Waals surface area contributed by atoms with Gasteiger partial charge in [0.25, 0.3) is 0 Å². The van der Waals surface area contributed by atoms with Crippen LogP contribution in [0.2, 0.25) is 0 Å². The van der Waals surface area contributed by atoms with Gasteiger partial charge in [-0.2, -0.15) is 0 Å². The van der Waals surface area contributed by atoms with E-state index >= 15 is 0 Å². The molecule has 4 aromatic rings. The molecular weight excluding hydrogens is 262 g/mol. The normalized spacial score (nSPS) is 10.9. The van der Waals surface area contributed by atoms with Gasteiger partial charge in [0.2, 0.25) is 5.82 Å². The predicted octanol–water partition coefficient (Wildman–Crippen LogP) is 2.88. The number of rotatable bonds is 2. The summed E-state index contributed by atoms with van der Waals surface area (Å²) in [5.74, 6) is 0.517. The van der Waals surface area contributed by atoms with E-state index in [2.05, 4.69) is 38.6 Å². The fourth-order valence-corrected chi connectivity index (χ4v) is 2.22. The Hall–Kier alpha value is -3.08. The Balaban J connectivity index is 1.77. The zero-order valence-electron chi connectivity index (χ0n) is 11.1. The van der Waals surface area contributed by atoms with E-state index in [4.69, 9.17) is 0 Å². The monoisotopic (exact) mass is 273 g/mol. The molecule has 4 rings (SSSR count). The molecule has 0 saturated carbocycles. The molecule has 21 heavy (non-hydrogen) atoms. The van der Waals surface area contributed by atoms with Gasteiger partial charge in [-0.25, -0.2) is 0 Å². The van der Waals surface area contributed by atoms with Gasteiger partial charge in [0.1, 0.15) is 5.69 Å². The van der Waals surface area contributed by atoms with Gasteiger partial charge in [0.05, 0.1) is 5.69 Å². The first kappa shape index (κ1) is 11.7. The van der Waals surface area contributed by atoms with E-state index in [9.17, 15) is 0 Å². The van der Waals surface area contributed by atoms with E-state index in [0.29, 0.717) is 11.5 Å². The summed E-state index contributed by atoms with van der Waals surface area (Å²) < 4.78 is 0. The minimum Gasteiger partial charge on any atom is -0.253 e. The number of fused-ring (bicyclic) bond motifs is 1. The lowest BCUT2D eigenvalue weighted by molar-refractivity contribution is 0.721. The summed E-state index contributed by atoms with van der Waals surface area (Å²) in [6, 6.07) is 19.9. The zero-order chi connectivity index (χ0) is 14.1. The summed E-state index contributed by atoms with van der Waals surface area (Å²) in [5, 5.41) is 14.9. The maximum absolute atomic E-state index is 4.39. The van der Waals surface area contributed by atoms with Crippen LogP contribution in [-0.4, -0.2) is 25.2 Å². The molecule has 5 heteroatoms. The number of pyridine rings is 1. The van der Waals surface area contributed by atoms with Crippen molar-refractivity contribution in [2.24, 2.45) is 0 Å². The second-order valence-electron chi connectivity index (χ2n) is 4.65. The highest BCUT2D eigenvalue weighted by atomic mass is 15.6. The van der Waals surface area contributed by atoms with Gasteiger partial charge >= 0.3 is 0 Å². The van der Waals surface area contributed by atoms with Gasteiger partial charge in [-0.1, -0.05) is 36.4 Å². The number of hydrogen-bond donors (Lipinski definition) is 0. The molecule has 0 aliphatic carbocycles. The second-order valence-corrected chi connectivity index (χ2v) is 4.65. The lowest BCUT2D eigenvalue weighted by atomic mass is 10.1. The fourth-order valence-electron chi connectivity index (χ4n) is 2.22. The Kier molecular flexibility index (Phi) is 2.67. The molecule has 2 aromatic carbocycles. The van der Waals surface area contributed by atoms with Crippen LogP contribution in [0.5, 0.6) is 0 Å². The van der Waals surface area contributed by atoms with Gasteiger partial charge in [-0.3, -0.25) is 4.98 Å². The Morgan fingerprint density at radius 2 is 1.67 bits per heavy atom. The van der Waals surface area contributed by atoms with Crippen molar-refractivity contribution in [3.63, 3.8) is 0 Å². The van der Waals surface area contributed by atoms with E-state index in [1.807, 2.05) is 42.5 Å². The second kappa shape index (κ2) is 4.79. The first-order valence-corrected chi connectivity index (χ1v) is 6.61. The van der Waals surface area contributed by atoms with Crippen molar-refractivity contribution in [1.82, 2.24) is 25.2 Å². The maximum atomic E-state index is 4.39. The standard InChI is InChI=1S/C16H11N5/c1-2-6-13-11-14(9-8-12(13)5-1)21-19-16(18-20-21)15-7-3-4-10-17-15/h1-11H. The van der Waals surface area contributed by atoms with Crippen LogP contribution in [0.1, 0.15) is 0 Å². The molecule has 0 atom stereocenters. The number of nitrogens with zero attached hydrogens (tertiary/aromatic N) is 5. The maximum Gasteiger partial charge on any atom is 0.223 e. The van der Waals surface area contributed by atoms with Crippen LogP contribution in [0, 0.1) is 0 Å². The van der Waals surface area contributed by atoms with Gasteiger partial charge in [0.15, 0.2) is 0 Å². The summed E-state index contributed by atoms with van der Waals surface area (Å²) in [7, 11) is 0. The van der Waals surface area contributed by atoms with Crippen LogP contribution < -0.4 is 0 Å². The molecule has 0 bridgehead atoms. The lowest BCUT2D eigenvalue weighted by Crippen LogP contribution is -1.98. The predicted molar refractivity (Wildman–Crippen MR) is 79.9 cm³/mol. The summed E-state index contributed by atoms with van der Waals surface area (Å²) in [6.45, 7) is 0. The molecule has 0 fully saturated rings. The van der Waals surface area contributed by atoms with E-state index in [1.165, 1.54) is 10.2 Å². The lowest BCUT2D eigenvalue weighted by Gasteiger charge is -2.01. The molecule has 0 aliphatic heterocycles. The minimum atomic E-state index is 0.517. The summed E-state index contributed by atoms with van der Waals surface area (Å²) in [5.41, 5.74) is 1.59. The topological polar surface area (TPSA) is 56.5 Å². The first-order chi connectivity index (χ1) is 10.4. The third-order valence-electron chi connectivity index (χ3n) is 3.27. The van der Waals surface area contributed by atoms with Gasteiger partial charge in [0, 0.05) is 6.20 Å². The highest BCUT2D eigenvalue weighted by molar-refractivity contribution is 5.84. The fraction of sp³-hybridized carbons (Fsp3) is 0. The van der Waals surface area contributed by atoms with Crippen molar-refractivity contribution in [3.05, 3.63) is 66.9 Å². The first-order valence-electron chi connectivity index (χ1n) is 6.61. The minimum absolute atomic E-state index is 0.517. The average molecular weight is 273 g/mol. The van der Waals surface area contributed by atoms with Gasteiger partial charge in [-0.05, 0) is 40.3 Å². The molecule has 100 valence electrons. The number of aromatic nitrogens is 5. The molecule has 0 unspecified atom stereocenters. The number of tetrazole rings is 1. The van der Waals surface area contributed by atoms with Crippen molar-refractivity contribution in [3.8, 4) is 17.2 Å². The van der Waals surface area contributed by atoms with Crippen LogP contribution in [0.15, 0.2) is 66.9 Å². The molecule has 0 spiro atoms. The van der Waals surface area contributed by atoms with Gasteiger partial charge < -0.3 is 0 Å². The highest BCUT2D eigenvalue weighted by Crippen LogP contribution is 2.18. The van der Waals surface area contributed by atoms with Crippen molar-refractivity contribution in [1.29, 1.82) is 0 Å². The Labute approximate surface area is 120 Å². The number of hydrogen-bond acceptors (Lipinski definition) is 4. The molecule has 0 radical (unpaired) electrons. The summed E-state index contributed by atoms with van der Waals surface area (Å²) >= 11 is 0. The molecular formula is C16H11N5. The Bertz CT molecular complexity index is 899. The van der Waals surface area contributed by atoms with E-state index < -0.39 is 0 Å².